The van der Waals surface area contributed by atoms with E-state index in [1.54, 1.807) is 6.33 Å². The molecule has 5 nitrogen and oxygen atoms in total. The molecule has 2 aromatic heterocycles. The Hall–Kier alpha value is -2.43. The van der Waals surface area contributed by atoms with Gasteiger partial charge in [-0.05, 0) is 18.6 Å². The average Bonchev–Trinajstić information content (AvgIpc) is 2.92. The van der Waals surface area contributed by atoms with Gasteiger partial charge in [0, 0.05) is 13.6 Å². The Morgan fingerprint density at radius 2 is 1.95 bits per heavy atom. The summed E-state index contributed by atoms with van der Waals surface area (Å²) in [6, 6.07) is 10.0. The molecule has 0 bridgehead atoms. The quantitative estimate of drug-likeness (QED) is 0.729. The smallest absolute Gasteiger partial charge is 0.168 e. The topological polar surface area (TPSA) is 46.8 Å². The molecular formula is C15H17N5. The highest BCUT2D eigenvalue weighted by Gasteiger charge is 2.13. The highest BCUT2D eigenvalue weighted by molar-refractivity contribution is 5.87. The Kier molecular flexibility index (Phi) is 3.33. The maximum Gasteiger partial charge on any atom is 0.168 e. The first kappa shape index (κ1) is 12.6. The lowest BCUT2D eigenvalue weighted by molar-refractivity contribution is 0.839. The Morgan fingerprint density at radius 3 is 2.70 bits per heavy atom. The van der Waals surface area contributed by atoms with Gasteiger partial charge in [0.15, 0.2) is 5.65 Å². The van der Waals surface area contributed by atoms with Crippen LogP contribution in [0.3, 0.4) is 0 Å². The number of hydrogen-bond acceptors (Lipinski definition) is 4. The number of benzene rings is 1. The van der Waals surface area contributed by atoms with Crippen LogP contribution in [0.1, 0.15) is 13.3 Å². The molecule has 0 spiro atoms. The van der Waals surface area contributed by atoms with Gasteiger partial charge in [0.1, 0.15) is 12.1 Å². The molecule has 2 heterocycles. The summed E-state index contributed by atoms with van der Waals surface area (Å²) in [4.78, 5) is 10.9. The molecule has 102 valence electrons. The minimum Gasteiger partial charge on any atom is -0.359 e. The number of para-hydroxylation sites is 1. The van der Waals surface area contributed by atoms with E-state index in [0.29, 0.717) is 0 Å². The van der Waals surface area contributed by atoms with Crippen LogP contribution in [0.4, 0.5) is 5.82 Å². The molecule has 0 unspecified atom stereocenters. The first-order chi connectivity index (χ1) is 9.81. The van der Waals surface area contributed by atoms with Crippen LogP contribution in [0.25, 0.3) is 16.7 Å². The van der Waals surface area contributed by atoms with Gasteiger partial charge in [-0.1, -0.05) is 25.1 Å². The molecule has 0 saturated carbocycles. The van der Waals surface area contributed by atoms with Crippen LogP contribution >= 0.6 is 0 Å². The largest absolute Gasteiger partial charge is 0.359 e. The second kappa shape index (κ2) is 5.28. The van der Waals surface area contributed by atoms with Crippen molar-refractivity contribution < 1.29 is 0 Å². The monoisotopic (exact) mass is 267 g/mol. The molecule has 3 aromatic rings. The van der Waals surface area contributed by atoms with Crippen LogP contribution in [0.2, 0.25) is 0 Å². The van der Waals surface area contributed by atoms with Crippen molar-refractivity contribution in [2.75, 3.05) is 18.5 Å². The zero-order valence-electron chi connectivity index (χ0n) is 11.7. The van der Waals surface area contributed by atoms with Gasteiger partial charge < -0.3 is 4.90 Å². The van der Waals surface area contributed by atoms with Crippen molar-refractivity contribution in [2.24, 2.45) is 0 Å². The molecule has 0 amide bonds. The lowest BCUT2D eigenvalue weighted by Crippen LogP contribution is -2.19. The summed E-state index contributed by atoms with van der Waals surface area (Å²) in [5, 5.41) is 5.44. The fraction of sp³-hybridized carbons (Fsp3) is 0.267. The van der Waals surface area contributed by atoms with Gasteiger partial charge in [-0.2, -0.15) is 5.10 Å². The van der Waals surface area contributed by atoms with Crippen molar-refractivity contribution in [3.63, 3.8) is 0 Å². The minimum atomic E-state index is 0.837. The van der Waals surface area contributed by atoms with Crippen LogP contribution < -0.4 is 4.90 Å². The lowest BCUT2D eigenvalue weighted by Gasteiger charge is -2.17. The predicted molar refractivity (Wildman–Crippen MR) is 80.2 cm³/mol. The molecule has 0 radical (unpaired) electrons. The summed E-state index contributed by atoms with van der Waals surface area (Å²) in [6.07, 6.45) is 4.52. The van der Waals surface area contributed by atoms with E-state index < -0.39 is 0 Å². The second-order valence-corrected chi connectivity index (χ2v) is 4.75. The molecule has 1 aromatic carbocycles. The van der Waals surface area contributed by atoms with E-state index in [2.05, 4.69) is 26.9 Å². The number of rotatable bonds is 4. The summed E-state index contributed by atoms with van der Waals surface area (Å²) >= 11 is 0. The Morgan fingerprint density at radius 1 is 1.15 bits per heavy atom. The molecule has 0 aliphatic rings. The van der Waals surface area contributed by atoms with Crippen LogP contribution in [0, 0.1) is 0 Å². The van der Waals surface area contributed by atoms with Gasteiger partial charge in [0.25, 0.3) is 0 Å². The lowest BCUT2D eigenvalue weighted by atomic mass is 10.3. The van der Waals surface area contributed by atoms with E-state index in [-0.39, 0.29) is 0 Å². The van der Waals surface area contributed by atoms with E-state index in [1.165, 1.54) is 0 Å². The molecule has 0 aliphatic heterocycles. The summed E-state index contributed by atoms with van der Waals surface area (Å²) in [7, 11) is 2.05. The molecule has 20 heavy (non-hydrogen) atoms. The van der Waals surface area contributed by atoms with Gasteiger partial charge in [0.05, 0.1) is 17.3 Å². The molecule has 0 aliphatic carbocycles. The first-order valence-corrected chi connectivity index (χ1v) is 6.76. The van der Waals surface area contributed by atoms with E-state index in [4.69, 9.17) is 0 Å². The fourth-order valence-corrected chi connectivity index (χ4v) is 2.34. The van der Waals surface area contributed by atoms with Crippen LogP contribution in [0.15, 0.2) is 42.9 Å². The van der Waals surface area contributed by atoms with E-state index in [9.17, 15) is 0 Å². The Bertz CT molecular complexity index is 705. The SMILES string of the molecule is CCCN(C)c1ncnc2c1cnn2-c1ccccc1. The summed E-state index contributed by atoms with van der Waals surface area (Å²) < 4.78 is 1.85. The highest BCUT2D eigenvalue weighted by Crippen LogP contribution is 2.23. The maximum absolute atomic E-state index is 4.46. The maximum atomic E-state index is 4.46. The van der Waals surface area contributed by atoms with Crippen molar-refractivity contribution in [1.82, 2.24) is 19.7 Å². The summed E-state index contributed by atoms with van der Waals surface area (Å²) in [5.74, 6) is 0.930. The zero-order chi connectivity index (χ0) is 13.9. The van der Waals surface area contributed by atoms with Crippen LogP contribution in [0.5, 0.6) is 0 Å². The highest BCUT2D eigenvalue weighted by atomic mass is 15.3. The standard InChI is InChI=1S/C15H17N5/c1-3-9-19(2)14-13-10-18-20(15(13)17-11-16-14)12-7-5-4-6-8-12/h4-8,10-11H,3,9H2,1-2H3. The third-order valence-corrected chi connectivity index (χ3v) is 3.27. The van der Waals surface area contributed by atoms with Crippen molar-refractivity contribution in [3.05, 3.63) is 42.9 Å². The van der Waals surface area contributed by atoms with Gasteiger partial charge in [0.2, 0.25) is 0 Å². The van der Waals surface area contributed by atoms with E-state index in [1.807, 2.05) is 48.3 Å². The van der Waals surface area contributed by atoms with Crippen LogP contribution in [-0.2, 0) is 0 Å². The molecule has 0 saturated heterocycles. The number of hydrogen-bond donors (Lipinski definition) is 0. The van der Waals surface area contributed by atoms with Crippen molar-refractivity contribution in [1.29, 1.82) is 0 Å². The Balaban J connectivity index is 2.13. The van der Waals surface area contributed by atoms with Gasteiger partial charge in [-0.3, -0.25) is 0 Å². The van der Waals surface area contributed by atoms with Crippen molar-refractivity contribution in [3.8, 4) is 5.69 Å². The van der Waals surface area contributed by atoms with Crippen molar-refractivity contribution in [2.45, 2.75) is 13.3 Å². The van der Waals surface area contributed by atoms with Gasteiger partial charge in [-0.15, -0.1) is 0 Å². The number of anilines is 1. The fourth-order valence-electron chi connectivity index (χ4n) is 2.34. The zero-order valence-corrected chi connectivity index (χ0v) is 11.7. The number of nitrogens with zero attached hydrogens (tertiary/aromatic N) is 5. The molecule has 0 atom stereocenters. The molecule has 3 rings (SSSR count). The number of aromatic nitrogens is 4. The second-order valence-electron chi connectivity index (χ2n) is 4.75. The third kappa shape index (κ3) is 2.11. The molecule has 0 N–H and O–H groups in total. The minimum absolute atomic E-state index is 0.837. The average molecular weight is 267 g/mol. The third-order valence-electron chi connectivity index (χ3n) is 3.27. The first-order valence-electron chi connectivity index (χ1n) is 6.76. The molecule has 0 fully saturated rings. The van der Waals surface area contributed by atoms with Gasteiger partial charge in [-0.25, -0.2) is 14.6 Å². The van der Waals surface area contributed by atoms with Crippen LogP contribution in [-0.4, -0.2) is 33.3 Å². The predicted octanol–water partition coefficient (Wildman–Crippen LogP) is 2.66. The molecule has 5 heteroatoms. The number of fused-ring (bicyclic) bond motifs is 1. The van der Waals surface area contributed by atoms with E-state index >= 15 is 0 Å². The normalized spacial score (nSPS) is 10.9. The Labute approximate surface area is 117 Å². The molecular weight excluding hydrogens is 250 g/mol. The van der Waals surface area contributed by atoms with E-state index in [0.717, 1.165) is 35.5 Å². The summed E-state index contributed by atoms with van der Waals surface area (Å²) in [6.45, 7) is 3.12. The summed E-state index contributed by atoms with van der Waals surface area (Å²) in [5.41, 5.74) is 1.84. The van der Waals surface area contributed by atoms with Crippen molar-refractivity contribution >= 4 is 16.9 Å². The van der Waals surface area contributed by atoms with Gasteiger partial charge >= 0.3 is 0 Å².